The van der Waals surface area contributed by atoms with Gasteiger partial charge in [0.05, 0.1) is 4.92 Å². The maximum Gasteiger partial charge on any atom is 0.288 e. The van der Waals surface area contributed by atoms with Gasteiger partial charge in [-0.3, -0.25) is 10.1 Å². The molecule has 8 heteroatoms. The number of rotatable bonds is 3. The Labute approximate surface area is 128 Å². The molecule has 0 radical (unpaired) electrons. The third-order valence-corrected chi connectivity index (χ3v) is 3.48. The maximum absolute atomic E-state index is 13.3. The van der Waals surface area contributed by atoms with E-state index in [9.17, 15) is 23.3 Å². The molecule has 0 saturated carbocycles. The number of hydrogen-bond acceptors (Lipinski definition) is 3. The summed E-state index contributed by atoms with van der Waals surface area (Å²) in [5, 5.41) is 10.7. The van der Waals surface area contributed by atoms with Gasteiger partial charge >= 0.3 is 0 Å². The van der Waals surface area contributed by atoms with Gasteiger partial charge < -0.3 is 4.90 Å². The van der Waals surface area contributed by atoms with Crippen LogP contribution in [0.2, 0.25) is 5.02 Å². The Morgan fingerprint density at radius 3 is 2.18 bits per heavy atom. The number of nitro groups is 1. The van der Waals surface area contributed by atoms with Gasteiger partial charge in [-0.15, -0.1) is 0 Å². The minimum atomic E-state index is -1.56. The first kappa shape index (κ1) is 16.1. The van der Waals surface area contributed by atoms with Crippen molar-refractivity contribution in [3.05, 3.63) is 62.4 Å². The average Bonchev–Trinajstić information content (AvgIpc) is 2.45. The highest BCUT2D eigenvalue weighted by Crippen LogP contribution is 2.35. The molecule has 0 spiro atoms. The summed E-state index contributed by atoms with van der Waals surface area (Å²) in [5.74, 6) is -4.21. The molecule has 116 valence electrons. The van der Waals surface area contributed by atoms with Gasteiger partial charge in [0.2, 0.25) is 0 Å². The number of benzene rings is 2. The molecule has 0 unspecified atom stereocenters. The molecule has 0 saturated heterocycles. The lowest BCUT2D eigenvalue weighted by atomic mass is 10.1. The lowest BCUT2D eigenvalue weighted by Gasteiger charge is -2.22. The first-order chi connectivity index (χ1) is 10.2. The van der Waals surface area contributed by atoms with E-state index in [4.69, 9.17) is 11.6 Å². The number of nitrogens with zero attached hydrogens (tertiary/aromatic N) is 2. The van der Waals surface area contributed by atoms with Crippen LogP contribution in [0.25, 0.3) is 0 Å². The molecule has 0 amide bonds. The second-order valence-corrected chi connectivity index (χ2v) is 5.04. The SMILES string of the molecule is Cc1cc([N+](=O)[O-])c(Cl)cc1N(C)c1cc(F)c(F)c(F)c1. The Bertz CT molecular complexity index is 745. The summed E-state index contributed by atoms with van der Waals surface area (Å²) in [6.07, 6.45) is 0. The monoisotopic (exact) mass is 330 g/mol. The number of halogens is 4. The summed E-state index contributed by atoms with van der Waals surface area (Å²) in [7, 11) is 1.48. The molecular formula is C14H10ClF3N2O2. The Balaban J connectivity index is 2.52. The molecule has 0 bridgehead atoms. The highest BCUT2D eigenvalue weighted by Gasteiger charge is 2.19. The van der Waals surface area contributed by atoms with Gasteiger partial charge in [0.1, 0.15) is 5.02 Å². The van der Waals surface area contributed by atoms with Crippen LogP contribution >= 0.6 is 11.6 Å². The zero-order valence-corrected chi connectivity index (χ0v) is 12.3. The maximum atomic E-state index is 13.3. The van der Waals surface area contributed by atoms with Gasteiger partial charge in [-0.25, -0.2) is 13.2 Å². The number of anilines is 2. The molecule has 0 fully saturated rings. The van der Waals surface area contributed by atoms with Gasteiger partial charge in [0.15, 0.2) is 17.5 Å². The summed E-state index contributed by atoms with van der Waals surface area (Å²) in [5.41, 5.74) is 0.655. The number of aryl methyl sites for hydroxylation is 1. The minimum absolute atomic E-state index is 0.0458. The Hall–Kier alpha value is -2.28. The number of hydrogen-bond donors (Lipinski definition) is 0. The van der Waals surface area contributed by atoms with Crippen LogP contribution in [-0.4, -0.2) is 12.0 Å². The highest BCUT2D eigenvalue weighted by atomic mass is 35.5. The molecule has 0 aliphatic rings. The quantitative estimate of drug-likeness (QED) is 0.464. The van der Waals surface area contributed by atoms with Crippen LogP contribution in [0.4, 0.5) is 30.2 Å². The zero-order valence-electron chi connectivity index (χ0n) is 11.5. The van der Waals surface area contributed by atoms with Gasteiger partial charge in [-0.05, 0) is 18.6 Å². The molecule has 0 N–H and O–H groups in total. The molecule has 22 heavy (non-hydrogen) atoms. The predicted octanol–water partition coefficient (Wildman–Crippen LogP) is 4.74. The Kier molecular flexibility index (Phi) is 4.27. The van der Waals surface area contributed by atoms with Crippen molar-refractivity contribution in [3.63, 3.8) is 0 Å². The zero-order chi connectivity index (χ0) is 16.6. The second-order valence-electron chi connectivity index (χ2n) is 4.63. The van der Waals surface area contributed by atoms with Crippen molar-refractivity contribution in [2.75, 3.05) is 11.9 Å². The molecule has 2 rings (SSSR count). The van der Waals surface area contributed by atoms with Crippen molar-refractivity contribution in [3.8, 4) is 0 Å². The van der Waals surface area contributed by atoms with Crippen molar-refractivity contribution in [2.45, 2.75) is 6.92 Å². The Morgan fingerprint density at radius 2 is 1.68 bits per heavy atom. The van der Waals surface area contributed by atoms with Gasteiger partial charge in [-0.1, -0.05) is 11.6 Å². The summed E-state index contributed by atoms with van der Waals surface area (Å²) in [6.45, 7) is 1.59. The van der Waals surface area contributed by atoms with E-state index >= 15 is 0 Å². The molecular weight excluding hydrogens is 321 g/mol. The lowest BCUT2D eigenvalue weighted by molar-refractivity contribution is -0.384. The summed E-state index contributed by atoms with van der Waals surface area (Å²) >= 11 is 5.84. The molecule has 0 aliphatic heterocycles. The fourth-order valence-electron chi connectivity index (χ4n) is 2.03. The van der Waals surface area contributed by atoms with E-state index in [2.05, 4.69) is 0 Å². The van der Waals surface area contributed by atoms with E-state index in [0.717, 1.165) is 12.1 Å². The van der Waals surface area contributed by atoms with E-state index in [0.29, 0.717) is 11.3 Å². The van der Waals surface area contributed by atoms with Crippen LogP contribution in [0.3, 0.4) is 0 Å². The molecule has 4 nitrogen and oxygen atoms in total. The third kappa shape index (κ3) is 2.85. The van der Waals surface area contributed by atoms with E-state index in [1.54, 1.807) is 6.92 Å². The van der Waals surface area contributed by atoms with Crippen molar-refractivity contribution in [1.29, 1.82) is 0 Å². The first-order valence-corrected chi connectivity index (χ1v) is 6.43. The molecule has 0 heterocycles. The van der Waals surface area contributed by atoms with Crippen molar-refractivity contribution >= 4 is 28.7 Å². The normalized spacial score (nSPS) is 10.6. The van der Waals surface area contributed by atoms with Gasteiger partial charge in [0, 0.05) is 36.6 Å². The standard InChI is InChI=1S/C14H10ClF3N2O2/c1-7-3-13(20(21)22)9(15)6-12(7)19(2)8-4-10(16)14(18)11(17)5-8/h3-6H,1-2H3. The van der Waals surface area contributed by atoms with Crippen LogP contribution in [0.15, 0.2) is 24.3 Å². The van der Waals surface area contributed by atoms with Crippen LogP contribution in [-0.2, 0) is 0 Å². The van der Waals surface area contributed by atoms with Gasteiger partial charge in [-0.2, -0.15) is 0 Å². The second kappa shape index (κ2) is 5.84. The highest BCUT2D eigenvalue weighted by molar-refractivity contribution is 6.33. The third-order valence-electron chi connectivity index (χ3n) is 3.18. The van der Waals surface area contributed by atoms with Crippen molar-refractivity contribution < 1.29 is 18.1 Å². The Morgan fingerprint density at radius 1 is 1.14 bits per heavy atom. The van der Waals surface area contributed by atoms with E-state index in [-0.39, 0.29) is 16.4 Å². The smallest absolute Gasteiger partial charge is 0.288 e. The van der Waals surface area contributed by atoms with Crippen LogP contribution in [0, 0.1) is 34.5 Å². The van der Waals surface area contributed by atoms with Crippen LogP contribution in [0.5, 0.6) is 0 Å². The molecule has 2 aromatic carbocycles. The van der Waals surface area contributed by atoms with E-state index in [1.807, 2.05) is 0 Å². The van der Waals surface area contributed by atoms with Crippen molar-refractivity contribution in [2.24, 2.45) is 0 Å². The average molecular weight is 331 g/mol. The molecule has 0 aliphatic carbocycles. The topological polar surface area (TPSA) is 46.4 Å². The number of nitro benzene ring substituents is 1. The van der Waals surface area contributed by atoms with E-state index < -0.39 is 22.4 Å². The molecule has 0 atom stereocenters. The molecule has 2 aromatic rings. The van der Waals surface area contributed by atoms with Crippen molar-refractivity contribution in [1.82, 2.24) is 0 Å². The summed E-state index contributed by atoms with van der Waals surface area (Å²) in [4.78, 5) is 11.5. The van der Waals surface area contributed by atoms with Gasteiger partial charge in [0.25, 0.3) is 5.69 Å². The van der Waals surface area contributed by atoms with Crippen LogP contribution in [0.1, 0.15) is 5.56 Å². The fourth-order valence-corrected chi connectivity index (χ4v) is 2.26. The first-order valence-electron chi connectivity index (χ1n) is 6.05. The lowest BCUT2D eigenvalue weighted by Crippen LogP contribution is -2.12. The predicted molar refractivity (Wildman–Crippen MR) is 77.2 cm³/mol. The summed E-state index contributed by atoms with van der Waals surface area (Å²) < 4.78 is 39.6. The summed E-state index contributed by atoms with van der Waals surface area (Å²) in [6, 6.07) is 4.22. The largest absolute Gasteiger partial charge is 0.344 e. The van der Waals surface area contributed by atoms with E-state index in [1.165, 1.54) is 24.1 Å². The fraction of sp³-hybridized carbons (Fsp3) is 0.143. The van der Waals surface area contributed by atoms with Crippen LogP contribution < -0.4 is 4.90 Å². The minimum Gasteiger partial charge on any atom is -0.344 e. The molecule has 0 aromatic heterocycles.